The molecule has 12 nitrogen and oxygen atoms in total. The van der Waals surface area contributed by atoms with E-state index in [1.807, 2.05) is 24.3 Å². The molecule has 2 aliphatic rings. The maximum absolute atomic E-state index is 14.6. The Balaban J connectivity index is 1.19. The molecule has 0 saturated carbocycles. The third kappa shape index (κ3) is 9.06. The first-order valence-corrected chi connectivity index (χ1v) is 22.9. The van der Waals surface area contributed by atoms with E-state index >= 15 is 0 Å². The summed E-state index contributed by atoms with van der Waals surface area (Å²) < 4.78 is 31.1. The molecule has 318 valence electrons. The molecular weight excluding hydrogens is 859 g/mol. The van der Waals surface area contributed by atoms with Crippen LogP contribution in [0.1, 0.15) is 103 Å². The van der Waals surface area contributed by atoms with Gasteiger partial charge in [0.15, 0.2) is 5.69 Å². The summed E-state index contributed by atoms with van der Waals surface area (Å²) in [6, 6.07) is 21.0. The van der Waals surface area contributed by atoms with Crippen LogP contribution in [0, 0.1) is 6.92 Å². The number of anilines is 1. The summed E-state index contributed by atoms with van der Waals surface area (Å²) in [6.07, 6.45) is 4.44. The molecule has 3 heterocycles. The number of nitrogens with one attached hydrogen (secondary N) is 1. The molecule has 61 heavy (non-hydrogen) atoms. The van der Waals surface area contributed by atoms with E-state index in [0.29, 0.717) is 73.1 Å². The predicted octanol–water partition coefficient (Wildman–Crippen LogP) is 8.70. The van der Waals surface area contributed by atoms with Crippen molar-refractivity contribution in [3.63, 3.8) is 0 Å². The summed E-state index contributed by atoms with van der Waals surface area (Å²) in [5.74, 6) is -2.00. The molecule has 0 unspecified atom stereocenters. The number of carbonyl (C=O) groups excluding carboxylic acids is 4. The Kier molecular flexibility index (Phi) is 13.2. The van der Waals surface area contributed by atoms with Crippen LogP contribution in [0.4, 0.5) is 5.69 Å². The Morgan fingerprint density at radius 3 is 2.13 bits per heavy atom. The topological polar surface area (TPSA) is 142 Å². The maximum Gasteiger partial charge on any atom is 0.275 e. The molecule has 0 saturated heterocycles. The number of unbranched alkanes of at least 4 members (excludes halogenated alkanes) is 2. The lowest BCUT2D eigenvalue weighted by Crippen LogP contribution is -2.37. The van der Waals surface area contributed by atoms with Gasteiger partial charge in [-0.3, -0.25) is 19.2 Å². The zero-order valence-electron chi connectivity index (χ0n) is 34.0. The van der Waals surface area contributed by atoms with Crippen LogP contribution < -0.4 is 9.62 Å². The van der Waals surface area contributed by atoms with E-state index in [1.54, 1.807) is 22.8 Å². The lowest BCUT2D eigenvalue weighted by atomic mass is 9.98. The van der Waals surface area contributed by atoms with Gasteiger partial charge in [-0.25, -0.2) is 17.8 Å². The van der Waals surface area contributed by atoms with E-state index in [2.05, 4.69) is 23.7 Å². The van der Waals surface area contributed by atoms with Gasteiger partial charge < -0.3 is 14.7 Å². The number of fused-ring (bicyclic) bond motifs is 2. The van der Waals surface area contributed by atoms with E-state index in [0.717, 1.165) is 36.8 Å². The van der Waals surface area contributed by atoms with Crippen LogP contribution in [0.3, 0.4) is 0 Å². The van der Waals surface area contributed by atoms with Crippen LogP contribution in [0.2, 0.25) is 15.1 Å². The van der Waals surface area contributed by atoms with Gasteiger partial charge in [0.05, 0.1) is 36.9 Å². The Morgan fingerprint density at radius 1 is 0.754 bits per heavy atom. The number of nitrogens with zero attached hydrogens (tertiary/aromatic N) is 5. The molecule has 0 bridgehead atoms. The summed E-state index contributed by atoms with van der Waals surface area (Å²) in [7, 11) is -4.43. The van der Waals surface area contributed by atoms with Gasteiger partial charge >= 0.3 is 0 Å². The highest BCUT2D eigenvalue weighted by Gasteiger charge is 2.32. The number of hydrogen-bond acceptors (Lipinski definition) is 7. The normalized spacial score (nSPS) is 13.5. The molecule has 16 heteroatoms. The molecule has 0 aliphatic carbocycles. The minimum Gasteiger partial charge on any atom is -0.337 e. The van der Waals surface area contributed by atoms with Crippen molar-refractivity contribution in [3.05, 3.63) is 139 Å². The third-order valence-electron chi connectivity index (χ3n) is 11.1. The van der Waals surface area contributed by atoms with Crippen molar-refractivity contribution in [2.75, 3.05) is 31.1 Å². The first-order chi connectivity index (χ1) is 29.2. The zero-order chi connectivity index (χ0) is 43.6. The molecule has 0 fully saturated rings. The number of hydrogen-bond donors (Lipinski definition) is 1. The Morgan fingerprint density at radius 2 is 1.43 bits per heavy atom. The Bertz CT molecular complexity index is 2660. The van der Waals surface area contributed by atoms with Crippen LogP contribution in [0.5, 0.6) is 0 Å². The van der Waals surface area contributed by atoms with Crippen molar-refractivity contribution in [1.29, 1.82) is 0 Å². The van der Waals surface area contributed by atoms with Gasteiger partial charge in [-0.05, 0) is 104 Å². The van der Waals surface area contributed by atoms with Crippen molar-refractivity contribution >= 4 is 74.1 Å². The molecule has 7 rings (SSSR count). The van der Waals surface area contributed by atoms with Crippen molar-refractivity contribution in [2.45, 2.75) is 70.7 Å². The van der Waals surface area contributed by atoms with Gasteiger partial charge in [-0.1, -0.05) is 85.8 Å². The van der Waals surface area contributed by atoms with E-state index < -0.39 is 21.8 Å². The summed E-state index contributed by atoms with van der Waals surface area (Å²) >= 11 is 19.0. The van der Waals surface area contributed by atoms with E-state index in [1.165, 1.54) is 58.1 Å². The van der Waals surface area contributed by atoms with Crippen molar-refractivity contribution in [3.8, 4) is 5.69 Å². The van der Waals surface area contributed by atoms with Crippen LogP contribution in [0.15, 0.2) is 83.8 Å². The first-order valence-electron chi connectivity index (χ1n) is 20.2. The number of rotatable bonds is 13. The average Bonchev–Trinajstić information content (AvgIpc) is 3.82. The predicted molar refractivity (Wildman–Crippen MR) is 237 cm³/mol. The van der Waals surface area contributed by atoms with Gasteiger partial charge in [0.2, 0.25) is 0 Å². The molecule has 0 radical (unpaired) electrons. The molecule has 0 atom stereocenters. The third-order valence-corrected chi connectivity index (χ3v) is 13.6. The summed E-state index contributed by atoms with van der Waals surface area (Å²) in [4.78, 5) is 60.5. The molecule has 0 spiro atoms. The summed E-state index contributed by atoms with van der Waals surface area (Å²) in [6.45, 7) is 7.94. The quantitative estimate of drug-likeness (QED) is 0.125. The fourth-order valence-corrected chi connectivity index (χ4v) is 9.19. The number of halogens is 3. The maximum atomic E-state index is 14.6. The van der Waals surface area contributed by atoms with Crippen LogP contribution >= 0.6 is 34.8 Å². The lowest BCUT2D eigenvalue weighted by Gasteiger charge is -2.29. The molecule has 1 aromatic heterocycles. The van der Waals surface area contributed by atoms with Gasteiger partial charge in [0, 0.05) is 49.5 Å². The second-order valence-electron chi connectivity index (χ2n) is 15.2. The fourth-order valence-electron chi connectivity index (χ4n) is 7.67. The fraction of sp³-hybridized carbons (Fsp3) is 0.311. The van der Waals surface area contributed by atoms with Crippen LogP contribution in [-0.2, 0) is 29.4 Å². The molecule has 2 aliphatic heterocycles. The number of sulfonamides is 1. The smallest absolute Gasteiger partial charge is 0.275 e. The van der Waals surface area contributed by atoms with Crippen LogP contribution in [-0.4, -0.2) is 77.8 Å². The van der Waals surface area contributed by atoms with Gasteiger partial charge in [0.25, 0.3) is 33.7 Å². The van der Waals surface area contributed by atoms with Gasteiger partial charge in [-0.15, -0.1) is 0 Å². The highest BCUT2D eigenvalue weighted by atomic mass is 35.5. The minimum absolute atomic E-state index is 0.0563. The molecule has 1 N–H and O–H groups in total. The summed E-state index contributed by atoms with van der Waals surface area (Å²) in [5, 5.41) is 5.38. The summed E-state index contributed by atoms with van der Waals surface area (Å²) in [5.41, 5.74) is 4.33. The molecule has 5 aromatic rings. The number of amides is 4. The van der Waals surface area contributed by atoms with E-state index in [4.69, 9.17) is 34.8 Å². The molecular formula is C45H45Cl3N6O6S. The van der Waals surface area contributed by atoms with Crippen LogP contribution in [0.25, 0.3) is 5.69 Å². The molecule has 4 amide bonds. The Hall–Kier alpha value is -5.21. The van der Waals surface area contributed by atoms with E-state index in [9.17, 15) is 27.6 Å². The SMILES string of the molecule is CCCCN(CCCC)C(=O)c1nn(-c2ccc(C(=O)NS(=O)(=O)c3ccc4c(c3)CCN4C(=O)c3ccc(Cl)c(Cl)c3)cc2C(=O)N2CCc3ccccc3C2)c(C)c1Cl. The zero-order valence-corrected chi connectivity index (χ0v) is 37.1. The monoisotopic (exact) mass is 902 g/mol. The molecule has 4 aromatic carbocycles. The second-order valence-corrected chi connectivity index (χ2v) is 18.1. The number of benzene rings is 4. The lowest BCUT2D eigenvalue weighted by molar-refractivity contribution is 0.0732. The van der Waals surface area contributed by atoms with Gasteiger partial charge in [0.1, 0.15) is 0 Å². The second kappa shape index (κ2) is 18.4. The first kappa shape index (κ1) is 43.9. The average molecular weight is 904 g/mol. The van der Waals surface area contributed by atoms with Crippen molar-refractivity contribution < 1.29 is 27.6 Å². The number of carbonyl (C=O) groups is 4. The minimum atomic E-state index is -4.43. The highest BCUT2D eigenvalue weighted by Crippen LogP contribution is 2.33. The van der Waals surface area contributed by atoms with Crippen molar-refractivity contribution in [2.24, 2.45) is 0 Å². The van der Waals surface area contributed by atoms with E-state index in [-0.39, 0.29) is 49.3 Å². The van der Waals surface area contributed by atoms with Gasteiger partial charge in [-0.2, -0.15) is 5.10 Å². The Labute approximate surface area is 370 Å². The highest BCUT2D eigenvalue weighted by molar-refractivity contribution is 7.90. The standard InChI is InChI=1S/C45H45Cl3N6O6S/c1-4-6-20-51(21-7-5-2)45(58)41-40(48)28(3)54(49-41)39-16-13-31(25-35(39)44(57)52-22-18-29-10-8-9-11-33(29)27-52)42(55)50-61(59,60)34-14-17-38-30(24-34)19-23-53(38)43(56)32-12-15-36(46)37(47)26-32/h8-17,24-26H,4-7,18-23,27H2,1-3H3,(H,50,55). The largest absolute Gasteiger partial charge is 0.337 e. The van der Waals surface area contributed by atoms with Crippen molar-refractivity contribution in [1.82, 2.24) is 24.3 Å². The number of aromatic nitrogens is 2.